The van der Waals surface area contributed by atoms with Crippen molar-refractivity contribution < 1.29 is 4.79 Å². The van der Waals surface area contributed by atoms with Crippen LogP contribution in [0.15, 0.2) is 41.1 Å². The summed E-state index contributed by atoms with van der Waals surface area (Å²) >= 11 is 3.47. The number of halogens is 1. The Kier molecular flexibility index (Phi) is 5.51. The fourth-order valence-electron chi connectivity index (χ4n) is 2.98. The highest BCUT2D eigenvalue weighted by atomic mass is 79.9. The number of benzene rings is 1. The molecule has 0 saturated carbocycles. The summed E-state index contributed by atoms with van der Waals surface area (Å²) in [5.74, 6) is -0.124. The van der Waals surface area contributed by atoms with Gasteiger partial charge in [0.1, 0.15) is 0 Å². The Hall–Kier alpha value is -1.88. The van der Waals surface area contributed by atoms with Crippen LogP contribution in [0.1, 0.15) is 41.6 Å². The Balaban J connectivity index is 1.74. The molecule has 1 fully saturated rings. The van der Waals surface area contributed by atoms with E-state index < -0.39 is 0 Å². The van der Waals surface area contributed by atoms with E-state index in [9.17, 15) is 4.79 Å². The summed E-state index contributed by atoms with van der Waals surface area (Å²) in [5, 5.41) is 2.95. The molecule has 1 N–H and O–H groups in total. The number of nitrogens with one attached hydrogen (secondary N) is 1. The van der Waals surface area contributed by atoms with Gasteiger partial charge in [0.05, 0.1) is 17.4 Å². The lowest BCUT2D eigenvalue weighted by molar-refractivity contribution is 0.102. The summed E-state index contributed by atoms with van der Waals surface area (Å²) in [6.45, 7) is 4.08. The summed E-state index contributed by atoms with van der Waals surface area (Å²) in [6.07, 6.45) is 8.46. The summed E-state index contributed by atoms with van der Waals surface area (Å²) in [4.78, 5) is 19.1. The molecule has 0 radical (unpaired) electrons. The molecule has 1 saturated heterocycles. The van der Waals surface area contributed by atoms with E-state index in [1.165, 1.54) is 25.7 Å². The smallest absolute Gasteiger partial charge is 0.257 e. The zero-order valence-electron chi connectivity index (χ0n) is 13.9. The van der Waals surface area contributed by atoms with E-state index in [1.54, 1.807) is 6.20 Å². The second-order valence-corrected chi connectivity index (χ2v) is 7.11. The molecule has 24 heavy (non-hydrogen) atoms. The van der Waals surface area contributed by atoms with Crippen molar-refractivity contribution in [3.8, 4) is 0 Å². The molecule has 126 valence electrons. The first kappa shape index (κ1) is 17.0. The molecule has 4 nitrogen and oxygen atoms in total. The van der Waals surface area contributed by atoms with E-state index in [1.807, 2.05) is 37.4 Å². The van der Waals surface area contributed by atoms with Gasteiger partial charge in [0, 0.05) is 29.4 Å². The van der Waals surface area contributed by atoms with Crippen molar-refractivity contribution in [3.63, 3.8) is 0 Å². The molecule has 0 atom stereocenters. The number of rotatable bonds is 3. The van der Waals surface area contributed by atoms with E-state index in [0.29, 0.717) is 5.56 Å². The van der Waals surface area contributed by atoms with Crippen LogP contribution in [0, 0.1) is 6.92 Å². The largest absolute Gasteiger partial charge is 0.370 e. The third kappa shape index (κ3) is 4.15. The Labute approximate surface area is 151 Å². The number of carbonyl (C=O) groups is 1. The van der Waals surface area contributed by atoms with Crippen LogP contribution < -0.4 is 10.2 Å². The van der Waals surface area contributed by atoms with Gasteiger partial charge >= 0.3 is 0 Å². The first-order valence-corrected chi connectivity index (χ1v) is 9.20. The molecule has 1 amide bonds. The monoisotopic (exact) mass is 387 g/mol. The minimum Gasteiger partial charge on any atom is -0.370 e. The second kappa shape index (κ2) is 7.79. The molecular formula is C19H22BrN3O. The highest BCUT2D eigenvalue weighted by molar-refractivity contribution is 9.10. The molecular weight excluding hydrogens is 366 g/mol. The number of aryl methyl sites for hydroxylation is 1. The van der Waals surface area contributed by atoms with Crippen LogP contribution in [0.25, 0.3) is 0 Å². The number of amides is 1. The quantitative estimate of drug-likeness (QED) is 0.823. The molecule has 1 aliphatic rings. The third-order valence-corrected chi connectivity index (χ3v) is 5.26. The number of hydrogen-bond acceptors (Lipinski definition) is 3. The minimum atomic E-state index is -0.124. The van der Waals surface area contributed by atoms with E-state index >= 15 is 0 Å². The van der Waals surface area contributed by atoms with Gasteiger partial charge in [-0.15, -0.1) is 0 Å². The standard InChI is InChI=1S/C19H22BrN3O/c1-14-10-16(6-7-18(14)20)22-19(24)15-11-17(13-21-12-15)23-8-4-2-3-5-9-23/h6-7,10-13H,2-5,8-9H2,1H3,(H,22,24). The van der Waals surface area contributed by atoms with E-state index in [2.05, 4.69) is 31.1 Å². The Morgan fingerprint density at radius 2 is 1.88 bits per heavy atom. The van der Waals surface area contributed by atoms with Crippen molar-refractivity contribution in [1.29, 1.82) is 0 Å². The number of hydrogen-bond donors (Lipinski definition) is 1. The molecule has 0 spiro atoms. The van der Waals surface area contributed by atoms with Crippen LogP contribution in [0.3, 0.4) is 0 Å². The van der Waals surface area contributed by atoms with Crippen molar-refractivity contribution in [2.45, 2.75) is 32.6 Å². The highest BCUT2D eigenvalue weighted by Crippen LogP contribution is 2.22. The van der Waals surface area contributed by atoms with Crippen molar-refractivity contribution in [2.24, 2.45) is 0 Å². The summed E-state index contributed by atoms with van der Waals surface area (Å²) in [5.41, 5.74) is 3.51. The zero-order chi connectivity index (χ0) is 16.9. The number of carbonyl (C=O) groups excluding carboxylic acids is 1. The molecule has 1 aromatic carbocycles. The summed E-state index contributed by atoms with van der Waals surface area (Å²) < 4.78 is 1.03. The maximum absolute atomic E-state index is 12.5. The van der Waals surface area contributed by atoms with Gasteiger partial charge in [0.2, 0.25) is 0 Å². The van der Waals surface area contributed by atoms with Gasteiger partial charge in [-0.1, -0.05) is 28.8 Å². The average Bonchev–Trinajstić information content (AvgIpc) is 2.88. The summed E-state index contributed by atoms with van der Waals surface area (Å²) in [7, 11) is 0. The van der Waals surface area contributed by atoms with Crippen molar-refractivity contribution in [1.82, 2.24) is 4.98 Å². The Bertz CT molecular complexity index is 724. The van der Waals surface area contributed by atoms with Gasteiger partial charge in [-0.05, 0) is 49.6 Å². The number of anilines is 2. The fourth-order valence-corrected chi connectivity index (χ4v) is 3.23. The fraction of sp³-hybridized carbons (Fsp3) is 0.368. The van der Waals surface area contributed by atoms with Gasteiger partial charge in [0.15, 0.2) is 0 Å². The van der Waals surface area contributed by atoms with Crippen LogP contribution >= 0.6 is 15.9 Å². The van der Waals surface area contributed by atoms with Gasteiger partial charge in [-0.2, -0.15) is 0 Å². The number of pyridine rings is 1. The molecule has 5 heteroatoms. The molecule has 2 aromatic rings. The average molecular weight is 388 g/mol. The second-order valence-electron chi connectivity index (χ2n) is 6.25. The van der Waals surface area contributed by atoms with Crippen LogP contribution in [0.2, 0.25) is 0 Å². The first-order valence-electron chi connectivity index (χ1n) is 8.41. The van der Waals surface area contributed by atoms with Gasteiger partial charge in [0.25, 0.3) is 5.91 Å². The molecule has 1 aromatic heterocycles. The van der Waals surface area contributed by atoms with Crippen LogP contribution in [0.5, 0.6) is 0 Å². The first-order chi connectivity index (χ1) is 11.6. The normalized spacial score (nSPS) is 15.0. The maximum Gasteiger partial charge on any atom is 0.257 e. The lowest BCUT2D eigenvalue weighted by Crippen LogP contribution is -2.24. The molecule has 3 rings (SSSR count). The SMILES string of the molecule is Cc1cc(NC(=O)c2cncc(N3CCCCCC3)c2)ccc1Br. The lowest BCUT2D eigenvalue weighted by atomic mass is 10.2. The topological polar surface area (TPSA) is 45.2 Å². The molecule has 0 aliphatic carbocycles. The van der Waals surface area contributed by atoms with Crippen LogP contribution in [-0.2, 0) is 0 Å². The van der Waals surface area contributed by atoms with Crippen molar-refractivity contribution >= 4 is 33.2 Å². The van der Waals surface area contributed by atoms with Crippen LogP contribution in [0.4, 0.5) is 11.4 Å². The Morgan fingerprint density at radius 3 is 2.58 bits per heavy atom. The number of aromatic nitrogens is 1. The molecule has 0 unspecified atom stereocenters. The van der Waals surface area contributed by atoms with E-state index in [4.69, 9.17) is 0 Å². The summed E-state index contributed by atoms with van der Waals surface area (Å²) in [6, 6.07) is 7.73. The van der Waals surface area contributed by atoms with Crippen LogP contribution in [-0.4, -0.2) is 24.0 Å². The maximum atomic E-state index is 12.5. The third-order valence-electron chi connectivity index (χ3n) is 4.37. The van der Waals surface area contributed by atoms with Gasteiger partial charge in [-0.25, -0.2) is 0 Å². The number of nitrogens with zero attached hydrogens (tertiary/aromatic N) is 2. The predicted molar refractivity (Wildman–Crippen MR) is 102 cm³/mol. The van der Waals surface area contributed by atoms with Crippen molar-refractivity contribution in [2.75, 3.05) is 23.3 Å². The van der Waals surface area contributed by atoms with Crippen molar-refractivity contribution in [3.05, 3.63) is 52.3 Å². The molecule has 0 bridgehead atoms. The van der Waals surface area contributed by atoms with Gasteiger partial charge < -0.3 is 10.2 Å². The lowest BCUT2D eigenvalue weighted by Gasteiger charge is -2.22. The van der Waals surface area contributed by atoms with E-state index in [0.717, 1.165) is 34.5 Å². The minimum absolute atomic E-state index is 0.124. The zero-order valence-corrected chi connectivity index (χ0v) is 15.5. The van der Waals surface area contributed by atoms with Gasteiger partial charge in [-0.3, -0.25) is 9.78 Å². The predicted octanol–water partition coefficient (Wildman–Crippen LogP) is 4.79. The molecule has 2 heterocycles. The molecule has 1 aliphatic heterocycles. The Morgan fingerprint density at radius 1 is 1.12 bits per heavy atom. The highest BCUT2D eigenvalue weighted by Gasteiger charge is 2.13. The van der Waals surface area contributed by atoms with E-state index in [-0.39, 0.29) is 5.91 Å².